The van der Waals surface area contributed by atoms with E-state index in [9.17, 15) is 13.6 Å². The van der Waals surface area contributed by atoms with Crippen molar-refractivity contribution in [3.8, 4) is 11.1 Å². The average molecular weight is 421 g/mol. The molecule has 0 bridgehead atoms. The maximum atomic E-state index is 12.8. The Balaban J connectivity index is 1.85. The number of nitrogens with zero attached hydrogens (tertiary/aromatic N) is 3. The first-order chi connectivity index (χ1) is 14.9. The van der Waals surface area contributed by atoms with Crippen LogP contribution in [0.15, 0.2) is 66.1 Å². The molecule has 0 atom stereocenters. The lowest BCUT2D eigenvalue weighted by molar-refractivity contribution is 0.102. The van der Waals surface area contributed by atoms with Gasteiger partial charge in [-0.3, -0.25) is 19.8 Å². The first-order valence-corrected chi connectivity index (χ1v) is 9.40. The van der Waals surface area contributed by atoms with Crippen LogP contribution in [0.5, 0.6) is 0 Å². The van der Waals surface area contributed by atoms with E-state index in [1.54, 1.807) is 25.5 Å². The van der Waals surface area contributed by atoms with Crippen molar-refractivity contribution >= 4 is 23.4 Å². The summed E-state index contributed by atoms with van der Waals surface area (Å²) in [5.74, 6) is -0.496. The molecule has 0 aliphatic heterocycles. The van der Waals surface area contributed by atoms with Gasteiger partial charge >= 0.3 is 0 Å². The number of aliphatic imine (C=N–C) groups is 1. The van der Waals surface area contributed by atoms with Crippen molar-refractivity contribution in [2.75, 3.05) is 12.4 Å². The van der Waals surface area contributed by atoms with Crippen LogP contribution in [-0.4, -0.2) is 29.1 Å². The van der Waals surface area contributed by atoms with Gasteiger partial charge < -0.3 is 11.1 Å². The summed E-state index contributed by atoms with van der Waals surface area (Å²) < 4.78 is 25.7. The van der Waals surface area contributed by atoms with Crippen LogP contribution in [0, 0.1) is 6.92 Å². The fourth-order valence-corrected chi connectivity index (χ4v) is 2.98. The number of nitrogens with one attached hydrogen (secondary N) is 1. The minimum Gasteiger partial charge on any atom is -0.404 e. The second kappa shape index (κ2) is 9.71. The molecule has 0 fully saturated rings. The second-order valence-corrected chi connectivity index (χ2v) is 6.70. The van der Waals surface area contributed by atoms with Gasteiger partial charge in [0.2, 0.25) is 0 Å². The van der Waals surface area contributed by atoms with E-state index < -0.39 is 18.0 Å². The molecule has 158 valence electrons. The largest absolute Gasteiger partial charge is 0.404 e. The second-order valence-electron chi connectivity index (χ2n) is 6.70. The van der Waals surface area contributed by atoms with E-state index in [-0.39, 0.29) is 5.56 Å². The van der Waals surface area contributed by atoms with E-state index in [0.717, 1.165) is 22.8 Å². The third kappa shape index (κ3) is 5.16. The molecule has 0 spiro atoms. The van der Waals surface area contributed by atoms with Gasteiger partial charge in [0.25, 0.3) is 12.3 Å². The number of pyridine rings is 2. The Kier molecular flexibility index (Phi) is 6.81. The SMILES string of the molecule is CN=CC(=CN)c1ccc(-c2cc(NC(=O)c3ccnc(C(F)F)c3)ccc2C)cn1. The van der Waals surface area contributed by atoms with Crippen LogP contribution in [0.1, 0.15) is 33.7 Å². The number of aryl methyl sites for hydroxylation is 1. The summed E-state index contributed by atoms with van der Waals surface area (Å²) in [4.78, 5) is 24.5. The van der Waals surface area contributed by atoms with Crippen molar-refractivity contribution < 1.29 is 13.6 Å². The molecule has 2 aromatic heterocycles. The maximum Gasteiger partial charge on any atom is 0.280 e. The lowest BCUT2D eigenvalue weighted by atomic mass is 10.0. The highest BCUT2D eigenvalue weighted by Crippen LogP contribution is 2.27. The van der Waals surface area contributed by atoms with Crippen LogP contribution < -0.4 is 11.1 Å². The van der Waals surface area contributed by atoms with Gasteiger partial charge in [-0.05, 0) is 48.4 Å². The zero-order chi connectivity index (χ0) is 22.4. The molecule has 3 aromatic rings. The Morgan fingerprint density at radius 2 is 1.97 bits per heavy atom. The third-order valence-electron chi connectivity index (χ3n) is 4.58. The van der Waals surface area contributed by atoms with Crippen molar-refractivity contribution in [1.29, 1.82) is 0 Å². The molecule has 2 heterocycles. The van der Waals surface area contributed by atoms with Crippen LogP contribution in [0.4, 0.5) is 14.5 Å². The molecule has 0 unspecified atom stereocenters. The van der Waals surface area contributed by atoms with Gasteiger partial charge in [0.1, 0.15) is 5.69 Å². The highest BCUT2D eigenvalue weighted by molar-refractivity contribution is 6.08. The van der Waals surface area contributed by atoms with Crippen LogP contribution in [0.3, 0.4) is 0 Å². The summed E-state index contributed by atoms with van der Waals surface area (Å²) in [5, 5.41) is 2.74. The van der Waals surface area contributed by atoms with Gasteiger partial charge in [-0.15, -0.1) is 0 Å². The number of alkyl halides is 2. The van der Waals surface area contributed by atoms with Crippen LogP contribution in [-0.2, 0) is 0 Å². The van der Waals surface area contributed by atoms with Gasteiger partial charge in [0.05, 0.1) is 5.69 Å². The topological polar surface area (TPSA) is 93.3 Å². The summed E-state index contributed by atoms with van der Waals surface area (Å²) in [5.41, 5.74) is 9.93. The predicted molar refractivity (Wildman–Crippen MR) is 118 cm³/mol. The van der Waals surface area contributed by atoms with Crippen LogP contribution >= 0.6 is 0 Å². The Bertz CT molecular complexity index is 1140. The van der Waals surface area contributed by atoms with E-state index >= 15 is 0 Å². The quantitative estimate of drug-likeness (QED) is 0.567. The van der Waals surface area contributed by atoms with Gasteiger partial charge in [0, 0.05) is 54.2 Å². The number of hydrogen-bond donors (Lipinski definition) is 2. The third-order valence-corrected chi connectivity index (χ3v) is 4.58. The molecule has 8 heteroatoms. The number of carbonyl (C=O) groups excluding carboxylic acids is 1. The van der Waals surface area contributed by atoms with E-state index in [1.165, 1.54) is 18.5 Å². The summed E-state index contributed by atoms with van der Waals surface area (Å²) in [7, 11) is 1.65. The van der Waals surface area contributed by atoms with E-state index in [2.05, 4.69) is 20.3 Å². The van der Waals surface area contributed by atoms with Crippen LogP contribution in [0.2, 0.25) is 0 Å². The van der Waals surface area contributed by atoms with Gasteiger partial charge in [0.15, 0.2) is 0 Å². The Morgan fingerprint density at radius 3 is 2.61 bits per heavy atom. The number of anilines is 1. The van der Waals surface area contributed by atoms with E-state index in [0.29, 0.717) is 17.0 Å². The fraction of sp³-hybridized carbons (Fsp3) is 0.130. The molecule has 31 heavy (non-hydrogen) atoms. The molecular weight excluding hydrogens is 400 g/mol. The summed E-state index contributed by atoms with van der Waals surface area (Å²) in [6.45, 7) is 1.95. The Hall–Kier alpha value is -3.94. The van der Waals surface area contributed by atoms with Crippen LogP contribution in [0.25, 0.3) is 16.7 Å². The smallest absolute Gasteiger partial charge is 0.280 e. The van der Waals surface area contributed by atoms with Crippen molar-refractivity contribution in [2.24, 2.45) is 10.7 Å². The summed E-state index contributed by atoms with van der Waals surface area (Å²) >= 11 is 0. The monoisotopic (exact) mass is 421 g/mol. The molecular formula is C23H21F2N5O. The highest BCUT2D eigenvalue weighted by Gasteiger charge is 2.14. The minimum atomic E-state index is -2.74. The number of nitrogens with two attached hydrogens (primary N) is 1. The molecule has 0 saturated carbocycles. The number of amides is 1. The normalized spacial score (nSPS) is 11.8. The molecule has 1 aromatic carbocycles. The first kappa shape index (κ1) is 21.8. The summed E-state index contributed by atoms with van der Waals surface area (Å²) in [6.07, 6.45) is 3.23. The number of allylic oxidation sites excluding steroid dienone is 1. The number of benzene rings is 1. The standard InChI is InChI=1S/C23H21F2N5O/c1-14-3-5-18(30-23(31)15-7-8-28-21(9-15)22(24)25)10-19(14)16-4-6-20(29-13-16)17(11-26)12-27-2/h3-13,22H,26H2,1-2H3,(H,30,31). The maximum absolute atomic E-state index is 12.8. The molecule has 6 nitrogen and oxygen atoms in total. The number of hydrogen-bond acceptors (Lipinski definition) is 5. The predicted octanol–water partition coefficient (Wildman–Crippen LogP) is 4.64. The fourth-order valence-electron chi connectivity index (χ4n) is 2.98. The minimum absolute atomic E-state index is 0.108. The van der Waals surface area contributed by atoms with Gasteiger partial charge in [-0.2, -0.15) is 0 Å². The lowest BCUT2D eigenvalue weighted by Gasteiger charge is -2.11. The first-order valence-electron chi connectivity index (χ1n) is 9.40. The molecule has 1 amide bonds. The van der Waals surface area contributed by atoms with Crippen molar-refractivity contribution in [1.82, 2.24) is 9.97 Å². The van der Waals surface area contributed by atoms with E-state index in [1.807, 2.05) is 31.2 Å². The summed E-state index contributed by atoms with van der Waals surface area (Å²) in [6, 6.07) is 11.6. The van der Waals surface area contributed by atoms with Crippen molar-refractivity contribution in [3.05, 3.63) is 83.6 Å². The van der Waals surface area contributed by atoms with Gasteiger partial charge in [-0.25, -0.2) is 8.78 Å². The Labute approximate surface area is 178 Å². The van der Waals surface area contributed by atoms with Crippen molar-refractivity contribution in [3.63, 3.8) is 0 Å². The molecule has 0 saturated heterocycles. The molecule has 0 aliphatic rings. The average Bonchev–Trinajstić information content (AvgIpc) is 2.79. The number of aromatic nitrogens is 2. The molecule has 3 rings (SSSR count). The Morgan fingerprint density at radius 1 is 1.16 bits per heavy atom. The molecule has 0 radical (unpaired) electrons. The highest BCUT2D eigenvalue weighted by atomic mass is 19.3. The van der Waals surface area contributed by atoms with E-state index in [4.69, 9.17) is 5.73 Å². The number of rotatable bonds is 6. The zero-order valence-electron chi connectivity index (χ0n) is 17.0. The van der Waals surface area contributed by atoms with Gasteiger partial charge in [-0.1, -0.05) is 12.1 Å². The molecule has 0 aliphatic carbocycles. The zero-order valence-corrected chi connectivity index (χ0v) is 17.0. The number of halogens is 2. The number of carbonyl (C=O) groups is 1. The molecule has 3 N–H and O–H groups in total. The lowest BCUT2D eigenvalue weighted by Crippen LogP contribution is -2.12. The van der Waals surface area contributed by atoms with Crippen molar-refractivity contribution in [2.45, 2.75) is 13.3 Å².